The summed E-state index contributed by atoms with van der Waals surface area (Å²) in [7, 11) is 2.28. The molecule has 0 spiro atoms. The topological polar surface area (TPSA) is 105 Å². The van der Waals surface area contributed by atoms with Gasteiger partial charge in [0.05, 0.1) is 14.2 Å². The fourth-order valence-electron chi connectivity index (χ4n) is 0.764. The van der Waals surface area contributed by atoms with Crippen LogP contribution in [0.15, 0.2) is 11.6 Å². The van der Waals surface area contributed by atoms with Gasteiger partial charge in [-0.2, -0.15) is 0 Å². The van der Waals surface area contributed by atoms with E-state index < -0.39 is 37.1 Å². The van der Waals surface area contributed by atoms with Crippen molar-refractivity contribution in [3.63, 3.8) is 0 Å². The van der Waals surface area contributed by atoms with Crippen molar-refractivity contribution < 1.29 is 38.1 Å². The number of hydrogen-bond acceptors (Lipinski definition) is 8. The molecule has 0 atom stereocenters. The summed E-state index contributed by atoms with van der Waals surface area (Å²) in [6.07, 6.45) is 0.836. The lowest BCUT2D eigenvalue weighted by Crippen LogP contribution is -2.17. The molecule has 0 unspecified atom stereocenters. The van der Waals surface area contributed by atoms with E-state index in [4.69, 9.17) is 0 Å². The van der Waals surface area contributed by atoms with Crippen molar-refractivity contribution in [1.82, 2.24) is 0 Å². The van der Waals surface area contributed by atoms with Crippen molar-refractivity contribution in [2.24, 2.45) is 0 Å². The van der Waals surface area contributed by atoms with Gasteiger partial charge in [-0.3, -0.25) is 0 Å². The minimum atomic E-state index is -0.905. The third kappa shape index (κ3) is 7.53. The fourth-order valence-corrected chi connectivity index (χ4v) is 0.764. The van der Waals surface area contributed by atoms with Crippen molar-refractivity contribution >= 4 is 23.9 Å². The number of rotatable bonds is 6. The fraction of sp³-hybridized carbons (Fsp3) is 0.455. The van der Waals surface area contributed by atoms with E-state index in [9.17, 15) is 19.2 Å². The Hall–Kier alpha value is -2.38. The van der Waals surface area contributed by atoms with Gasteiger partial charge < -0.3 is 18.9 Å². The molecule has 8 heteroatoms. The Morgan fingerprint density at radius 1 is 0.895 bits per heavy atom. The van der Waals surface area contributed by atoms with Crippen LogP contribution >= 0.6 is 0 Å². The molecule has 0 aliphatic carbocycles. The summed E-state index contributed by atoms with van der Waals surface area (Å²) in [4.78, 5) is 43.9. The summed E-state index contributed by atoms with van der Waals surface area (Å²) in [6, 6.07) is 0. The summed E-state index contributed by atoms with van der Waals surface area (Å²) in [5.41, 5.74) is -0.0845. The lowest BCUT2D eigenvalue weighted by Gasteiger charge is -2.03. The number of carbonyl (C=O) groups is 4. The molecule has 0 fully saturated rings. The van der Waals surface area contributed by atoms with Gasteiger partial charge in [0.2, 0.25) is 0 Å². The zero-order valence-corrected chi connectivity index (χ0v) is 10.8. The molecule has 0 N–H and O–H groups in total. The van der Waals surface area contributed by atoms with Crippen LogP contribution in [0.2, 0.25) is 0 Å². The standard InChI is InChI=1S/C11H14O8/c1-7(11(15)19-6-10(14)17-3)4-8(12)18-5-9(13)16-2/h4H,5-6H2,1-3H3/b7-4-. The predicted octanol–water partition coefficient (Wildman–Crippen LogP) is -0.635. The smallest absolute Gasteiger partial charge is 0.344 e. The van der Waals surface area contributed by atoms with E-state index in [2.05, 4.69) is 18.9 Å². The van der Waals surface area contributed by atoms with Gasteiger partial charge in [0.1, 0.15) is 0 Å². The maximum Gasteiger partial charge on any atom is 0.344 e. The molecule has 0 saturated carbocycles. The molecule has 0 amide bonds. The minimum Gasteiger partial charge on any atom is -0.466 e. The molecule has 0 radical (unpaired) electrons. The van der Waals surface area contributed by atoms with E-state index in [1.165, 1.54) is 6.92 Å². The van der Waals surface area contributed by atoms with Crippen LogP contribution < -0.4 is 0 Å². The third-order valence-corrected chi connectivity index (χ3v) is 1.77. The molecule has 8 nitrogen and oxygen atoms in total. The summed E-state index contributed by atoms with van der Waals surface area (Å²) >= 11 is 0. The van der Waals surface area contributed by atoms with Crippen LogP contribution in [0.3, 0.4) is 0 Å². The minimum absolute atomic E-state index is 0.0845. The maximum absolute atomic E-state index is 11.3. The SMILES string of the molecule is COC(=O)COC(=O)/C=C(/C)C(=O)OCC(=O)OC. The zero-order valence-electron chi connectivity index (χ0n) is 10.8. The molecule has 0 heterocycles. The van der Waals surface area contributed by atoms with Crippen LogP contribution in [-0.2, 0) is 38.1 Å². The van der Waals surface area contributed by atoms with Gasteiger partial charge in [0, 0.05) is 11.6 Å². The van der Waals surface area contributed by atoms with Crippen LogP contribution in [0.4, 0.5) is 0 Å². The monoisotopic (exact) mass is 274 g/mol. The van der Waals surface area contributed by atoms with Gasteiger partial charge in [-0.05, 0) is 6.92 Å². The largest absolute Gasteiger partial charge is 0.466 e. The molecule has 106 valence electrons. The Kier molecular flexibility index (Phi) is 7.59. The van der Waals surface area contributed by atoms with E-state index in [0.29, 0.717) is 0 Å². The van der Waals surface area contributed by atoms with Gasteiger partial charge in [0.25, 0.3) is 0 Å². The molecular formula is C11H14O8. The second-order valence-corrected chi connectivity index (χ2v) is 3.16. The first-order chi connectivity index (χ1) is 8.90. The molecule has 0 aromatic carbocycles. The van der Waals surface area contributed by atoms with Gasteiger partial charge in [-0.15, -0.1) is 0 Å². The summed E-state index contributed by atoms with van der Waals surface area (Å²) in [6.45, 7) is 0.174. The van der Waals surface area contributed by atoms with Gasteiger partial charge in [-0.1, -0.05) is 0 Å². The zero-order chi connectivity index (χ0) is 14.8. The normalized spacial score (nSPS) is 10.4. The van der Waals surface area contributed by atoms with Gasteiger partial charge in [-0.25, -0.2) is 19.2 Å². The Morgan fingerprint density at radius 2 is 1.37 bits per heavy atom. The lowest BCUT2D eigenvalue weighted by molar-refractivity contribution is -0.155. The highest BCUT2D eigenvalue weighted by molar-refractivity contribution is 5.96. The molecule has 0 rings (SSSR count). The van der Waals surface area contributed by atoms with Crippen LogP contribution in [0.5, 0.6) is 0 Å². The number of carbonyl (C=O) groups excluding carboxylic acids is 4. The average molecular weight is 274 g/mol. The average Bonchev–Trinajstić information content (AvgIpc) is 2.41. The van der Waals surface area contributed by atoms with Crippen LogP contribution in [0.1, 0.15) is 6.92 Å². The van der Waals surface area contributed by atoms with Crippen molar-refractivity contribution in [2.45, 2.75) is 6.92 Å². The predicted molar refractivity (Wildman–Crippen MR) is 59.7 cm³/mol. The van der Waals surface area contributed by atoms with Crippen molar-refractivity contribution in [1.29, 1.82) is 0 Å². The van der Waals surface area contributed by atoms with Crippen molar-refractivity contribution in [3.05, 3.63) is 11.6 Å². The quantitative estimate of drug-likeness (QED) is 0.358. The van der Waals surface area contributed by atoms with Gasteiger partial charge >= 0.3 is 23.9 Å². The summed E-state index contributed by atoms with van der Waals surface area (Å²) in [5.74, 6) is -3.24. The highest BCUT2D eigenvalue weighted by Gasteiger charge is 2.12. The molecule has 0 aliphatic rings. The first-order valence-corrected chi connectivity index (χ1v) is 5.06. The first kappa shape index (κ1) is 16.6. The third-order valence-electron chi connectivity index (χ3n) is 1.77. The Morgan fingerprint density at radius 3 is 1.84 bits per heavy atom. The molecule has 0 saturated heterocycles. The van der Waals surface area contributed by atoms with E-state index in [-0.39, 0.29) is 5.57 Å². The second-order valence-electron chi connectivity index (χ2n) is 3.16. The van der Waals surface area contributed by atoms with E-state index in [0.717, 1.165) is 20.3 Å². The Labute approximate surface area is 109 Å². The van der Waals surface area contributed by atoms with Gasteiger partial charge in [0.15, 0.2) is 13.2 Å². The summed E-state index contributed by atoms with van der Waals surface area (Å²) < 4.78 is 17.5. The molecule has 0 bridgehead atoms. The Bertz CT molecular complexity index is 395. The molecular weight excluding hydrogens is 260 g/mol. The Balaban J connectivity index is 4.23. The highest BCUT2D eigenvalue weighted by Crippen LogP contribution is 1.98. The van der Waals surface area contributed by atoms with Crippen molar-refractivity contribution in [2.75, 3.05) is 27.4 Å². The van der Waals surface area contributed by atoms with Crippen LogP contribution in [0.25, 0.3) is 0 Å². The maximum atomic E-state index is 11.3. The van der Waals surface area contributed by atoms with Crippen LogP contribution in [-0.4, -0.2) is 51.3 Å². The highest BCUT2D eigenvalue weighted by atomic mass is 16.6. The molecule has 0 aliphatic heterocycles. The first-order valence-electron chi connectivity index (χ1n) is 5.06. The van der Waals surface area contributed by atoms with E-state index in [1.54, 1.807) is 0 Å². The van der Waals surface area contributed by atoms with Crippen LogP contribution in [0, 0.1) is 0 Å². The molecule has 19 heavy (non-hydrogen) atoms. The van der Waals surface area contributed by atoms with Crippen molar-refractivity contribution in [3.8, 4) is 0 Å². The van der Waals surface area contributed by atoms with E-state index >= 15 is 0 Å². The number of ether oxygens (including phenoxy) is 4. The lowest BCUT2D eigenvalue weighted by atomic mass is 10.3. The molecule has 0 aromatic rings. The van der Waals surface area contributed by atoms with E-state index in [1.807, 2.05) is 0 Å². The second kappa shape index (κ2) is 8.67. The molecule has 0 aromatic heterocycles. The summed E-state index contributed by atoms with van der Waals surface area (Å²) in [5, 5.41) is 0. The number of esters is 4. The number of methoxy groups -OCH3 is 2. The number of hydrogen-bond donors (Lipinski definition) is 0.